The Morgan fingerprint density at radius 3 is 1.74 bits per heavy atom. The molecule has 0 saturated heterocycles. The van der Waals surface area contributed by atoms with Crippen molar-refractivity contribution in [1.82, 2.24) is 0 Å². The Morgan fingerprint density at radius 2 is 1.21 bits per heavy atom. The van der Waals surface area contributed by atoms with E-state index >= 15 is 0 Å². The summed E-state index contributed by atoms with van der Waals surface area (Å²) in [6.07, 6.45) is 19.4. The van der Waals surface area contributed by atoms with Crippen LogP contribution in [-0.4, -0.2) is 18.5 Å². The molecule has 0 aliphatic heterocycles. The van der Waals surface area contributed by atoms with Crippen LogP contribution in [0.1, 0.15) is 78.1 Å². The van der Waals surface area contributed by atoms with Gasteiger partial charge < -0.3 is 5.11 Å². The lowest BCUT2D eigenvalue weighted by Gasteiger charge is -2.14. The molecule has 1 nitrogen and oxygen atoms in total. The largest absolute Gasteiger partial charge is 0.392 e. The molecule has 1 atom stereocenters. The van der Waals surface area contributed by atoms with Crippen molar-refractivity contribution in [1.29, 1.82) is 0 Å². The highest BCUT2D eigenvalue weighted by Gasteiger charge is 2.09. The van der Waals surface area contributed by atoms with E-state index in [0.29, 0.717) is 0 Å². The second-order valence-corrected chi connectivity index (χ2v) is 5.39. The second kappa shape index (κ2) is 12.5. The smallest absolute Gasteiger partial charge is 0.125 e. The molecule has 1 N–H and O–H groups in total. The van der Waals surface area contributed by atoms with Gasteiger partial charge in [0.1, 0.15) is 7.85 Å². The highest BCUT2D eigenvalue weighted by atomic mass is 16.3. The van der Waals surface area contributed by atoms with Crippen LogP contribution in [0.4, 0.5) is 0 Å². The van der Waals surface area contributed by atoms with Crippen LogP contribution in [0.15, 0.2) is 24.3 Å². The average molecular weight is 262 g/mol. The van der Waals surface area contributed by atoms with Crippen molar-refractivity contribution in [3.8, 4) is 0 Å². The molecule has 0 aromatic heterocycles. The van der Waals surface area contributed by atoms with Gasteiger partial charge in [-0.2, -0.15) is 0 Å². The first-order valence-corrected chi connectivity index (χ1v) is 7.99. The Hall–Kier alpha value is -0.495. The number of hydrogen-bond acceptors (Lipinski definition) is 1. The molecule has 0 fully saturated rings. The fourth-order valence-electron chi connectivity index (χ4n) is 1.98. The van der Waals surface area contributed by atoms with E-state index in [9.17, 15) is 5.11 Å². The van der Waals surface area contributed by atoms with Crippen LogP contribution in [-0.2, 0) is 0 Å². The van der Waals surface area contributed by atoms with Gasteiger partial charge in [-0.05, 0) is 25.7 Å². The Labute approximate surface area is 121 Å². The molecular formula is C17H31BO. The van der Waals surface area contributed by atoms with Gasteiger partial charge in [-0.15, -0.1) is 0 Å². The average Bonchev–Trinajstić information content (AvgIpc) is 2.37. The molecule has 108 valence electrons. The summed E-state index contributed by atoms with van der Waals surface area (Å²) in [7, 11) is 5.78. The summed E-state index contributed by atoms with van der Waals surface area (Å²) in [6, 6.07) is 0. The number of allylic oxidation sites excluding steroid dienone is 2. The molecule has 0 aromatic carbocycles. The molecule has 2 heteroatoms. The van der Waals surface area contributed by atoms with Gasteiger partial charge in [0, 0.05) is 0 Å². The fourth-order valence-corrected chi connectivity index (χ4v) is 1.98. The molecule has 19 heavy (non-hydrogen) atoms. The standard InChI is InChI=1S/C17H31BO/c1-3-5-7-9-10-12-14-16-17(18,19)15-13-11-8-6-4-2/h13-16,19H,3-12H2,1-2H3/b15-13-,16-14-. The lowest BCUT2D eigenvalue weighted by molar-refractivity contribution is 0.228. The number of rotatable bonds is 12. The number of aliphatic hydroxyl groups is 1. The lowest BCUT2D eigenvalue weighted by atomic mass is 9.80. The SMILES string of the molecule is [B]C(O)(/C=C\CCCCC)/C=C\CCCCCCC. The molecule has 0 aliphatic carbocycles. The lowest BCUT2D eigenvalue weighted by Crippen LogP contribution is -2.22. The molecular weight excluding hydrogens is 231 g/mol. The first-order valence-electron chi connectivity index (χ1n) is 7.99. The van der Waals surface area contributed by atoms with E-state index < -0.39 is 5.50 Å². The number of unbranched alkanes of at least 4 members (excludes halogenated alkanes) is 8. The first kappa shape index (κ1) is 18.5. The van der Waals surface area contributed by atoms with Gasteiger partial charge in [-0.25, -0.2) is 0 Å². The zero-order valence-electron chi connectivity index (χ0n) is 12.9. The van der Waals surface area contributed by atoms with Crippen molar-refractivity contribution in [2.45, 2.75) is 83.6 Å². The van der Waals surface area contributed by atoms with E-state index in [2.05, 4.69) is 13.8 Å². The molecule has 0 aromatic rings. The van der Waals surface area contributed by atoms with Crippen LogP contribution < -0.4 is 0 Å². The van der Waals surface area contributed by atoms with Crippen LogP contribution in [0.5, 0.6) is 0 Å². The van der Waals surface area contributed by atoms with E-state index in [0.717, 1.165) is 12.8 Å². The maximum absolute atomic E-state index is 9.92. The van der Waals surface area contributed by atoms with Crippen LogP contribution in [0.3, 0.4) is 0 Å². The monoisotopic (exact) mass is 262 g/mol. The van der Waals surface area contributed by atoms with Crippen molar-refractivity contribution in [2.24, 2.45) is 0 Å². The Kier molecular flexibility index (Phi) is 12.2. The van der Waals surface area contributed by atoms with Crippen LogP contribution in [0.2, 0.25) is 0 Å². The highest BCUT2D eigenvalue weighted by Crippen LogP contribution is 2.09. The minimum Gasteiger partial charge on any atom is -0.392 e. The minimum atomic E-state index is -1.27. The van der Waals surface area contributed by atoms with Crippen molar-refractivity contribution in [2.75, 3.05) is 0 Å². The second-order valence-electron chi connectivity index (χ2n) is 5.39. The van der Waals surface area contributed by atoms with E-state index in [1.807, 2.05) is 12.2 Å². The summed E-state index contributed by atoms with van der Waals surface area (Å²) >= 11 is 0. The molecule has 0 saturated carbocycles. The van der Waals surface area contributed by atoms with Gasteiger partial charge in [-0.1, -0.05) is 76.7 Å². The van der Waals surface area contributed by atoms with Crippen molar-refractivity contribution in [3.05, 3.63) is 24.3 Å². The van der Waals surface area contributed by atoms with Gasteiger partial charge in [0.25, 0.3) is 0 Å². The predicted molar refractivity (Wildman–Crippen MR) is 86.5 cm³/mol. The third-order valence-electron chi connectivity index (χ3n) is 3.22. The maximum atomic E-state index is 9.92. The molecule has 1 unspecified atom stereocenters. The molecule has 0 aliphatic rings. The molecule has 2 radical (unpaired) electrons. The molecule has 0 spiro atoms. The van der Waals surface area contributed by atoms with Crippen molar-refractivity contribution < 1.29 is 5.11 Å². The van der Waals surface area contributed by atoms with Gasteiger partial charge in [0.15, 0.2) is 0 Å². The van der Waals surface area contributed by atoms with Crippen molar-refractivity contribution in [3.63, 3.8) is 0 Å². The van der Waals surface area contributed by atoms with Crippen molar-refractivity contribution >= 4 is 7.85 Å². The Morgan fingerprint density at radius 1 is 0.789 bits per heavy atom. The van der Waals surface area contributed by atoms with Crippen LogP contribution in [0, 0.1) is 0 Å². The molecule has 0 amide bonds. The normalized spacial score (nSPS) is 15.3. The van der Waals surface area contributed by atoms with Crippen LogP contribution >= 0.6 is 0 Å². The summed E-state index contributed by atoms with van der Waals surface area (Å²) in [4.78, 5) is 0. The maximum Gasteiger partial charge on any atom is 0.125 e. The summed E-state index contributed by atoms with van der Waals surface area (Å²) in [5.74, 6) is 0. The van der Waals surface area contributed by atoms with E-state index in [1.54, 1.807) is 12.2 Å². The summed E-state index contributed by atoms with van der Waals surface area (Å²) in [5.41, 5.74) is -1.27. The molecule has 0 heterocycles. The minimum absolute atomic E-state index is 0.998. The van der Waals surface area contributed by atoms with E-state index in [1.165, 1.54) is 51.4 Å². The highest BCUT2D eigenvalue weighted by molar-refractivity contribution is 6.17. The summed E-state index contributed by atoms with van der Waals surface area (Å²) in [6.45, 7) is 4.41. The topological polar surface area (TPSA) is 20.2 Å². The zero-order valence-corrected chi connectivity index (χ0v) is 12.9. The molecule has 0 bridgehead atoms. The molecule has 0 rings (SSSR count). The third-order valence-corrected chi connectivity index (χ3v) is 3.22. The Balaban J connectivity index is 3.69. The first-order chi connectivity index (χ1) is 9.12. The van der Waals surface area contributed by atoms with Gasteiger partial charge in [0.2, 0.25) is 0 Å². The third kappa shape index (κ3) is 13.7. The predicted octanol–water partition coefficient (Wildman–Crippen LogP) is 4.90. The fraction of sp³-hybridized carbons (Fsp3) is 0.765. The van der Waals surface area contributed by atoms with E-state index in [4.69, 9.17) is 7.85 Å². The summed E-state index contributed by atoms with van der Waals surface area (Å²) in [5, 5.41) is 9.92. The van der Waals surface area contributed by atoms with Gasteiger partial charge in [0.05, 0.1) is 5.50 Å². The van der Waals surface area contributed by atoms with Crippen LogP contribution in [0.25, 0.3) is 0 Å². The quantitative estimate of drug-likeness (QED) is 0.301. The Bertz CT molecular complexity index is 244. The van der Waals surface area contributed by atoms with E-state index in [-0.39, 0.29) is 0 Å². The zero-order chi connectivity index (χ0) is 14.4. The summed E-state index contributed by atoms with van der Waals surface area (Å²) < 4.78 is 0. The van der Waals surface area contributed by atoms with Gasteiger partial charge in [-0.3, -0.25) is 0 Å². The number of hydrogen-bond donors (Lipinski definition) is 1. The van der Waals surface area contributed by atoms with Gasteiger partial charge >= 0.3 is 0 Å².